The number of nitrogens with zero attached hydrogens (tertiary/aromatic N) is 2. The van der Waals surface area contributed by atoms with Gasteiger partial charge in [0, 0.05) is 20.2 Å². The quantitative estimate of drug-likeness (QED) is 0.738. The summed E-state index contributed by atoms with van der Waals surface area (Å²) < 4.78 is 1.55. The molecule has 6 heteroatoms. The van der Waals surface area contributed by atoms with Gasteiger partial charge in [-0.25, -0.2) is 0 Å². The number of carbonyl (C=O) groups is 2. The number of amides is 1. The molecule has 2 N–H and O–H groups in total. The minimum absolute atomic E-state index is 0.154. The zero-order valence-electron chi connectivity index (χ0n) is 8.60. The van der Waals surface area contributed by atoms with Crippen LogP contribution in [-0.2, 0) is 16.6 Å². The summed E-state index contributed by atoms with van der Waals surface area (Å²) in [5.41, 5.74) is 0.674. The van der Waals surface area contributed by atoms with Crippen molar-refractivity contribution >= 4 is 11.9 Å². The molecule has 0 aliphatic heterocycles. The fraction of sp³-hybridized carbons (Fsp3) is 0.444. The molecule has 0 aliphatic rings. The van der Waals surface area contributed by atoms with Gasteiger partial charge in [0.05, 0.1) is 18.2 Å². The maximum atomic E-state index is 10.9. The monoisotopic (exact) mass is 211 g/mol. The number of aliphatic carboxylic acids is 1. The third-order valence-corrected chi connectivity index (χ3v) is 1.97. The average Bonchev–Trinajstić information content (AvgIpc) is 2.48. The first kappa shape index (κ1) is 11.2. The Balaban J connectivity index is 2.85. The number of carboxylic acids is 1. The minimum Gasteiger partial charge on any atom is -0.481 e. The molecule has 0 radical (unpaired) electrons. The minimum atomic E-state index is -0.963. The van der Waals surface area contributed by atoms with Crippen LogP contribution in [0.4, 0.5) is 0 Å². The van der Waals surface area contributed by atoms with Crippen molar-refractivity contribution in [1.29, 1.82) is 0 Å². The highest BCUT2D eigenvalue weighted by Gasteiger charge is 2.19. The molecule has 15 heavy (non-hydrogen) atoms. The van der Waals surface area contributed by atoms with Gasteiger partial charge in [-0.3, -0.25) is 14.3 Å². The Hall–Kier alpha value is -1.85. The molecule has 0 bridgehead atoms. The van der Waals surface area contributed by atoms with Crippen LogP contribution in [0.5, 0.6) is 0 Å². The smallest absolute Gasteiger partial charge is 0.305 e. The summed E-state index contributed by atoms with van der Waals surface area (Å²) in [6, 6.07) is 1.15. The second kappa shape index (κ2) is 4.59. The van der Waals surface area contributed by atoms with E-state index < -0.39 is 12.0 Å². The van der Waals surface area contributed by atoms with Crippen LogP contribution < -0.4 is 5.32 Å². The first-order valence-corrected chi connectivity index (χ1v) is 4.47. The van der Waals surface area contributed by atoms with Crippen LogP contribution in [0.25, 0.3) is 0 Å². The van der Waals surface area contributed by atoms with Crippen molar-refractivity contribution in [2.24, 2.45) is 7.05 Å². The maximum Gasteiger partial charge on any atom is 0.305 e. The van der Waals surface area contributed by atoms with Gasteiger partial charge in [-0.1, -0.05) is 0 Å². The highest BCUT2D eigenvalue weighted by atomic mass is 16.4. The molecule has 0 saturated carbocycles. The lowest BCUT2D eigenvalue weighted by molar-refractivity contribution is -0.137. The second-order valence-corrected chi connectivity index (χ2v) is 3.23. The molecule has 0 saturated heterocycles. The number of aryl methyl sites for hydroxylation is 1. The van der Waals surface area contributed by atoms with E-state index in [0.717, 1.165) is 0 Å². The van der Waals surface area contributed by atoms with E-state index in [1.54, 1.807) is 24.0 Å². The average molecular weight is 211 g/mol. The molecule has 1 aromatic rings. The van der Waals surface area contributed by atoms with Crippen molar-refractivity contribution in [1.82, 2.24) is 15.1 Å². The Bertz CT molecular complexity index is 356. The molecule has 1 rings (SSSR count). The summed E-state index contributed by atoms with van der Waals surface area (Å²) in [7, 11) is 1.70. The molecule has 0 aromatic carbocycles. The Morgan fingerprint density at radius 1 is 1.67 bits per heavy atom. The van der Waals surface area contributed by atoms with Crippen molar-refractivity contribution < 1.29 is 14.7 Å². The van der Waals surface area contributed by atoms with Crippen LogP contribution in [0.2, 0.25) is 0 Å². The van der Waals surface area contributed by atoms with Gasteiger partial charge in [-0.15, -0.1) is 0 Å². The lowest BCUT2D eigenvalue weighted by Gasteiger charge is -2.15. The van der Waals surface area contributed by atoms with Gasteiger partial charge in [-0.05, 0) is 6.07 Å². The number of carbonyl (C=O) groups excluding carboxylic acids is 1. The summed E-state index contributed by atoms with van der Waals surface area (Å²) in [6.45, 7) is 1.35. The van der Waals surface area contributed by atoms with Gasteiger partial charge in [0.2, 0.25) is 5.91 Å². The topological polar surface area (TPSA) is 84.2 Å². The van der Waals surface area contributed by atoms with Crippen LogP contribution in [0, 0.1) is 0 Å². The summed E-state index contributed by atoms with van der Waals surface area (Å²) in [6.07, 6.45) is 1.41. The highest BCUT2D eigenvalue weighted by molar-refractivity contribution is 5.75. The van der Waals surface area contributed by atoms with Crippen molar-refractivity contribution in [3.8, 4) is 0 Å². The highest BCUT2D eigenvalue weighted by Crippen LogP contribution is 2.15. The maximum absolute atomic E-state index is 10.9. The Morgan fingerprint density at radius 2 is 2.33 bits per heavy atom. The normalized spacial score (nSPS) is 12.1. The predicted octanol–water partition coefficient (Wildman–Crippen LogP) is 0.0720. The Morgan fingerprint density at radius 3 is 2.73 bits per heavy atom. The Kier molecular flexibility index (Phi) is 3.43. The first-order valence-electron chi connectivity index (χ1n) is 4.47. The zero-order chi connectivity index (χ0) is 11.4. The van der Waals surface area contributed by atoms with Crippen molar-refractivity contribution in [3.05, 3.63) is 18.0 Å². The van der Waals surface area contributed by atoms with Gasteiger partial charge in [0.15, 0.2) is 0 Å². The van der Waals surface area contributed by atoms with Crippen LogP contribution in [0.1, 0.15) is 25.1 Å². The van der Waals surface area contributed by atoms with E-state index in [9.17, 15) is 9.59 Å². The van der Waals surface area contributed by atoms with Crippen molar-refractivity contribution in [2.45, 2.75) is 19.4 Å². The molecule has 82 valence electrons. The van der Waals surface area contributed by atoms with Gasteiger partial charge in [0.1, 0.15) is 0 Å². The largest absolute Gasteiger partial charge is 0.481 e. The van der Waals surface area contributed by atoms with Gasteiger partial charge < -0.3 is 10.4 Å². The molecular weight excluding hydrogens is 198 g/mol. The number of carboxylic acid groups (broad SMARTS) is 1. The first-order chi connectivity index (χ1) is 7.00. The molecule has 1 atom stereocenters. The third-order valence-electron chi connectivity index (χ3n) is 1.97. The van der Waals surface area contributed by atoms with E-state index >= 15 is 0 Å². The van der Waals surface area contributed by atoms with Gasteiger partial charge in [0.25, 0.3) is 0 Å². The van der Waals surface area contributed by atoms with Crippen molar-refractivity contribution in [3.63, 3.8) is 0 Å². The van der Waals surface area contributed by atoms with E-state index in [-0.39, 0.29) is 12.3 Å². The van der Waals surface area contributed by atoms with E-state index in [4.69, 9.17) is 5.11 Å². The van der Waals surface area contributed by atoms with Crippen LogP contribution in [0.3, 0.4) is 0 Å². The van der Waals surface area contributed by atoms with E-state index in [0.29, 0.717) is 5.69 Å². The van der Waals surface area contributed by atoms with Crippen LogP contribution >= 0.6 is 0 Å². The standard InChI is InChI=1S/C9H13N3O3/c1-6(13)11-7(5-9(14)15)8-3-4-10-12(8)2/h3-4,7H,5H2,1-2H3,(H,11,13)(H,14,15)/t7-/m0/s1. The molecule has 0 fully saturated rings. The fourth-order valence-electron chi connectivity index (χ4n) is 1.38. The second-order valence-electron chi connectivity index (χ2n) is 3.23. The summed E-state index contributed by atoms with van der Waals surface area (Å²) in [5, 5.41) is 15.2. The lowest BCUT2D eigenvalue weighted by atomic mass is 10.1. The van der Waals surface area contributed by atoms with Crippen molar-refractivity contribution in [2.75, 3.05) is 0 Å². The number of nitrogens with one attached hydrogen (secondary N) is 1. The van der Waals surface area contributed by atoms with Crippen LogP contribution in [-0.4, -0.2) is 26.8 Å². The molecular formula is C9H13N3O3. The third kappa shape index (κ3) is 3.08. The predicted molar refractivity (Wildman–Crippen MR) is 52.0 cm³/mol. The van der Waals surface area contributed by atoms with Crippen LogP contribution in [0.15, 0.2) is 12.3 Å². The number of rotatable bonds is 4. The summed E-state index contributed by atoms with van der Waals surface area (Å²) in [4.78, 5) is 21.5. The number of hydrogen-bond donors (Lipinski definition) is 2. The van der Waals surface area contributed by atoms with Gasteiger partial charge >= 0.3 is 5.97 Å². The lowest BCUT2D eigenvalue weighted by Crippen LogP contribution is -2.29. The molecule has 0 spiro atoms. The molecule has 0 aliphatic carbocycles. The molecule has 6 nitrogen and oxygen atoms in total. The van der Waals surface area contributed by atoms with Gasteiger partial charge in [-0.2, -0.15) is 5.10 Å². The molecule has 1 heterocycles. The summed E-state index contributed by atoms with van der Waals surface area (Å²) in [5.74, 6) is -1.22. The zero-order valence-corrected chi connectivity index (χ0v) is 8.60. The van der Waals surface area contributed by atoms with E-state index in [1.165, 1.54) is 6.92 Å². The molecule has 1 aromatic heterocycles. The Labute approximate surface area is 86.9 Å². The molecule has 1 amide bonds. The van der Waals surface area contributed by atoms with E-state index in [1.807, 2.05) is 0 Å². The van der Waals surface area contributed by atoms with E-state index in [2.05, 4.69) is 10.4 Å². The number of hydrogen-bond acceptors (Lipinski definition) is 3. The molecule has 0 unspecified atom stereocenters. The fourth-order valence-corrected chi connectivity index (χ4v) is 1.38. The number of aromatic nitrogens is 2. The summed E-state index contributed by atoms with van der Waals surface area (Å²) >= 11 is 0. The SMILES string of the molecule is CC(=O)N[C@@H](CC(=O)O)c1ccnn1C.